The van der Waals surface area contributed by atoms with Crippen LogP contribution in [0.15, 0.2) is 22.6 Å². The van der Waals surface area contributed by atoms with E-state index in [2.05, 4.69) is 84.5 Å². The number of carbonyl (C=O) groups excluding carboxylic acids is 2. The number of aromatic nitrogens is 1. The van der Waals surface area contributed by atoms with E-state index in [1.54, 1.807) is 25.2 Å². The Kier molecular flexibility index (Phi) is 20.0. The molecule has 10 nitrogen and oxygen atoms in total. The molecule has 0 unspecified atom stereocenters. The number of hydrogen-bond acceptors (Lipinski definition) is 10. The molecule has 0 bridgehead atoms. The standard InChI is InChI=1S/C41H68Cl3NO9SSi2/c1-27(17-18-33(52-26-50-19-20-56(9,10)11)28(2)21-32-24-55-30(4)45-32)15-14-16-31-23-40(8,34(22-35(46)47)54-57(12,13)39(5,6)7)37(48)29(3)36(31)53-38(49)51-25-41(42,43)44/h17,21,24,29,31,33-34,36H,14-16,18-20,22-23,25-26H2,1-13H3,(H,46,47)/b27-17-,28-21+/t29-,31-,33+,34+,36-,40-/m1/s1. The van der Waals surface area contributed by atoms with E-state index >= 15 is 0 Å². The number of Topliss-reactive ketones (excluding diaryl/α,β-unsaturated/α-hetero) is 1. The molecule has 57 heavy (non-hydrogen) atoms. The number of ketones is 1. The summed E-state index contributed by atoms with van der Waals surface area (Å²) in [6.45, 7) is 27.3. The predicted molar refractivity (Wildman–Crippen MR) is 238 cm³/mol. The normalized spacial score (nSPS) is 22.7. The van der Waals surface area contributed by atoms with E-state index in [-0.39, 0.29) is 42.5 Å². The predicted octanol–water partition coefficient (Wildman–Crippen LogP) is 12.0. The summed E-state index contributed by atoms with van der Waals surface area (Å²) in [4.78, 5) is 44.1. The minimum absolute atomic E-state index is 0.203. The number of thiazole rings is 1. The lowest BCUT2D eigenvalue weighted by molar-refractivity contribution is -0.158. The molecular formula is C41H68Cl3NO9SSi2. The number of carboxylic acids is 1. The molecule has 1 aromatic heterocycles. The Bertz CT molecular complexity index is 1550. The van der Waals surface area contributed by atoms with Crippen molar-refractivity contribution in [3.05, 3.63) is 33.3 Å². The van der Waals surface area contributed by atoms with Crippen molar-refractivity contribution < 1.29 is 42.9 Å². The molecule has 1 heterocycles. The zero-order chi connectivity index (χ0) is 43.6. The number of hydrogen-bond donors (Lipinski definition) is 1. The highest BCUT2D eigenvalue weighted by molar-refractivity contribution is 7.09. The minimum Gasteiger partial charge on any atom is -0.481 e. The zero-order valence-corrected chi connectivity index (χ0v) is 41.5. The quantitative estimate of drug-likeness (QED) is 0.0318. The molecule has 1 aliphatic rings. The smallest absolute Gasteiger partial charge is 0.481 e. The lowest BCUT2D eigenvalue weighted by atomic mass is 9.60. The van der Waals surface area contributed by atoms with Crippen LogP contribution in [0, 0.1) is 24.2 Å². The molecule has 1 aromatic rings. The molecule has 0 amide bonds. The summed E-state index contributed by atoms with van der Waals surface area (Å²) >= 11 is 19.0. The Labute approximate surface area is 362 Å². The number of alkyl halides is 3. The van der Waals surface area contributed by atoms with Gasteiger partial charge in [0.25, 0.3) is 0 Å². The topological polar surface area (TPSA) is 130 Å². The van der Waals surface area contributed by atoms with Crippen LogP contribution in [0.25, 0.3) is 6.08 Å². The Morgan fingerprint density at radius 1 is 1.14 bits per heavy atom. The van der Waals surface area contributed by atoms with Gasteiger partial charge in [-0.25, -0.2) is 9.78 Å². The van der Waals surface area contributed by atoms with Gasteiger partial charge in [-0.05, 0) is 94.6 Å². The van der Waals surface area contributed by atoms with E-state index in [1.807, 2.05) is 12.3 Å². The van der Waals surface area contributed by atoms with Gasteiger partial charge in [-0.3, -0.25) is 9.59 Å². The molecule has 0 aromatic carbocycles. The molecule has 1 saturated carbocycles. The van der Waals surface area contributed by atoms with Gasteiger partial charge in [-0.15, -0.1) is 11.3 Å². The van der Waals surface area contributed by atoms with Gasteiger partial charge in [0.1, 0.15) is 25.3 Å². The summed E-state index contributed by atoms with van der Waals surface area (Å²) in [6, 6.07) is 1.06. The number of rotatable bonds is 21. The number of carboxylic acid groups (broad SMARTS) is 1. The second kappa shape index (κ2) is 22.0. The van der Waals surface area contributed by atoms with Crippen molar-refractivity contribution in [2.75, 3.05) is 20.0 Å². The molecule has 1 aliphatic carbocycles. The zero-order valence-electron chi connectivity index (χ0n) is 36.4. The van der Waals surface area contributed by atoms with Crippen LogP contribution in [-0.2, 0) is 33.0 Å². The summed E-state index contributed by atoms with van der Waals surface area (Å²) in [5.41, 5.74) is 1.97. The molecule has 0 aliphatic heterocycles. The van der Waals surface area contributed by atoms with Crippen LogP contribution in [0.5, 0.6) is 0 Å². The van der Waals surface area contributed by atoms with E-state index in [1.165, 1.54) is 0 Å². The van der Waals surface area contributed by atoms with Crippen molar-refractivity contribution in [1.82, 2.24) is 4.98 Å². The van der Waals surface area contributed by atoms with Crippen molar-refractivity contribution >= 4 is 86.5 Å². The third-order valence-corrected chi connectivity index (χ3v) is 18.5. The summed E-state index contributed by atoms with van der Waals surface area (Å²) in [7, 11) is -3.74. The second-order valence-corrected chi connectivity index (χ2v) is 32.5. The fourth-order valence-corrected chi connectivity index (χ4v) is 9.65. The molecule has 0 spiro atoms. The number of aliphatic carboxylic acids is 1. The highest BCUT2D eigenvalue weighted by Crippen LogP contribution is 2.49. The van der Waals surface area contributed by atoms with E-state index in [0.717, 1.165) is 40.7 Å². The average molecular weight is 914 g/mol. The van der Waals surface area contributed by atoms with Crippen molar-refractivity contribution in [2.24, 2.45) is 17.3 Å². The van der Waals surface area contributed by atoms with Crippen LogP contribution in [0.2, 0.25) is 43.8 Å². The van der Waals surface area contributed by atoms with Crippen molar-refractivity contribution in [3.8, 4) is 0 Å². The number of aryl methyl sites for hydroxylation is 1. The number of allylic oxidation sites excluding steroid dienone is 1. The van der Waals surface area contributed by atoms with Crippen molar-refractivity contribution in [1.29, 1.82) is 0 Å². The lowest BCUT2D eigenvalue weighted by Crippen LogP contribution is -2.58. The number of halogens is 3. The molecule has 16 heteroatoms. The third kappa shape index (κ3) is 17.7. The molecule has 1 fully saturated rings. The number of carbonyl (C=O) groups is 3. The Balaban J connectivity index is 2.33. The molecule has 326 valence electrons. The Hall–Kier alpha value is -1.30. The van der Waals surface area contributed by atoms with Crippen LogP contribution in [0.1, 0.15) is 97.7 Å². The lowest BCUT2D eigenvalue weighted by Gasteiger charge is -2.50. The summed E-state index contributed by atoms with van der Waals surface area (Å²) in [5.74, 6) is -2.34. The molecule has 0 radical (unpaired) electrons. The van der Waals surface area contributed by atoms with Crippen LogP contribution < -0.4 is 0 Å². The minimum atomic E-state index is -2.51. The highest BCUT2D eigenvalue weighted by atomic mass is 35.6. The number of ether oxygens (including phenoxy) is 4. The van der Waals surface area contributed by atoms with Crippen molar-refractivity contribution in [3.63, 3.8) is 0 Å². The summed E-state index contributed by atoms with van der Waals surface area (Å²) in [5, 5.41) is 12.8. The third-order valence-electron chi connectivity index (χ3n) is 11.2. The maximum Gasteiger partial charge on any atom is 0.508 e. The first-order chi connectivity index (χ1) is 26.0. The molecule has 0 saturated heterocycles. The van der Waals surface area contributed by atoms with Gasteiger partial charge in [0, 0.05) is 20.1 Å². The van der Waals surface area contributed by atoms with Gasteiger partial charge in [0.15, 0.2) is 8.32 Å². The molecule has 2 rings (SSSR count). The van der Waals surface area contributed by atoms with Gasteiger partial charge in [-0.2, -0.15) is 0 Å². The van der Waals surface area contributed by atoms with Gasteiger partial charge >= 0.3 is 12.1 Å². The second-order valence-electron chi connectivity index (χ2n) is 18.6. The average Bonchev–Trinajstić information content (AvgIpc) is 3.47. The maximum absolute atomic E-state index is 14.3. The molecular weight excluding hydrogens is 845 g/mol. The van der Waals surface area contributed by atoms with Gasteiger partial charge in [-0.1, -0.05) is 101 Å². The molecule has 6 atom stereocenters. The maximum atomic E-state index is 14.3. The van der Waals surface area contributed by atoms with Crippen LogP contribution in [0.4, 0.5) is 4.79 Å². The Morgan fingerprint density at radius 2 is 1.79 bits per heavy atom. The first-order valence-electron chi connectivity index (χ1n) is 19.8. The van der Waals surface area contributed by atoms with Crippen LogP contribution in [0.3, 0.4) is 0 Å². The van der Waals surface area contributed by atoms with Crippen LogP contribution in [-0.4, -0.2) is 86.5 Å². The summed E-state index contributed by atoms with van der Waals surface area (Å²) < 4.78 is 28.0. The fraction of sp³-hybridized carbons (Fsp3) is 0.756. The largest absolute Gasteiger partial charge is 0.508 e. The monoisotopic (exact) mass is 911 g/mol. The highest BCUT2D eigenvalue weighted by Gasteiger charge is 2.56. The van der Waals surface area contributed by atoms with E-state index < -0.39 is 62.5 Å². The first kappa shape index (κ1) is 51.8. The van der Waals surface area contributed by atoms with E-state index in [4.69, 9.17) is 58.2 Å². The number of nitrogens with zero attached hydrogens (tertiary/aromatic N) is 1. The fourth-order valence-electron chi connectivity index (χ4n) is 6.75. The van der Waals surface area contributed by atoms with Crippen molar-refractivity contribution in [2.45, 2.75) is 160 Å². The van der Waals surface area contributed by atoms with Gasteiger partial charge < -0.3 is 28.5 Å². The van der Waals surface area contributed by atoms with Gasteiger partial charge in [0.2, 0.25) is 3.79 Å². The SMILES string of the molecule is C/C(=C/C[C@H](OCOCC[Si](C)(C)C)/C(C)=C/c1csc(C)n1)CCC[C@@H]1C[C@](C)([C@H](CC(=O)O)O[Si](C)(C)C(C)(C)C)C(=O)[C@H](C)[C@H]1OC(=O)OCC(Cl)(Cl)Cl. The Morgan fingerprint density at radius 3 is 2.33 bits per heavy atom. The van der Waals surface area contributed by atoms with E-state index in [9.17, 15) is 19.5 Å². The van der Waals surface area contributed by atoms with E-state index in [0.29, 0.717) is 19.4 Å². The first-order valence-corrected chi connectivity index (χ1v) is 28.5. The van der Waals surface area contributed by atoms with Gasteiger partial charge in [0.05, 0.1) is 40.7 Å². The van der Waals surface area contributed by atoms with Crippen LogP contribution >= 0.6 is 46.1 Å². The molecule has 1 N–H and O–H groups in total. The summed E-state index contributed by atoms with van der Waals surface area (Å²) in [6.07, 6.45) is 3.94.